The van der Waals surface area contributed by atoms with Gasteiger partial charge in [-0.15, -0.1) is 0 Å². The van der Waals surface area contributed by atoms with Crippen molar-refractivity contribution in [2.45, 2.75) is 78.4 Å². The van der Waals surface area contributed by atoms with Crippen molar-refractivity contribution in [2.75, 3.05) is 0 Å². The van der Waals surface area contributed by atoms with E-state index in [1.807, 2.05) is 20.8 Å². The Morgan fingerprint density at radius 3 is 2.06 bits per heavy atom. The van der Waals surface area contributed by atoms with E-state index in [9.17, 15) is 9.59 Å². The maximum absolute atomic E-state index is 13.4. The van der Waals surface area contributed by atoms with Gasteiger partial charge in [0.2, 0.25) is 11.8 Å². The van der Waals surface area contributed by atoms with Crippen LogP contribution in [0.4, 0.5) is 0 Å². The molecule has 2 aromatic rings. The van der Waals surface area contributed by atoms with Gasteiger partial charge >= 0.3 is 0 Å². The molecule has 174 valence electrons. The summed E-state index contributed by atoms with van der Waals surface area (Å²) in [4.78, 5) is 28.0. The number of hydrogen-bond donors (Lipinski definition) is 1. The topological polar surface area (TPSA) is 49.4 Å². The number of halogens is 2. The van der Waals surface area contributed by atoms with Crippen LogP contribution in [0.3, 0.4) is 0 Å². The van der Waals surface area contributed by atoms with Crippen LogP contribution in [0.2, 0.25) is 10.0 Å². The maximum atomic E-state index is 13.4. The van der Waals surface area contributed by atoms with Crippen molar-refractivity contribution in [2.24, 2.45) is 0 Å². The fourth-order valence-corrected chi connectivity index (χ4v) is 4.07. The molecule has 0 fully saturated rings. The smallest absolute Gasteiger partial charge is 0.243 e. The summed E-state index contributed by atoms with van der Waals surface area (Å²) >= 11 is 12.8. The summed E-state index contributed by atoms with van der Waals surface area (Å²) < 4.78 is 0. The van der Waals surface area contributed by atoms with Crippen molar-refractivity contribution >= 4 is 35.0 Å². The Labute approximate surface area is 202 Å². The molecular weight excluding hydrogens is 443 g/mol. The van der Waals surface area contributed by atoms with Gasteiger partial charge in [0.1, 0.15) is 6.04 Å². The van der Waals surface area contributed by atoms with Crippen LogP contribution in [0.25, 0.3) is 0 Å². The quantitative estimate of drug-likeness (QED) is 0.418. The summed E-state index contributed by atoms with van der Waals surface area (Å²) in [5.41, 5.74) is 3.03. The maximum Gasteiger partial charge on any atom is 0.243 e. The molecule has 0 heterocycles. The third-order valence-electron chi connectivity index (χ3n) is 5.84. The molecule has 0 radical (unpaired) electrons. The largest absolute Gasteiger partial charge is 0.352 e. The molecule has 0 unspecified atom stereocenters. The van der Waals surface area contributed by atoms with E-state index in [1.165, 1.54) is 5.56 Å². The molecular formula is C26H34Cl2N2O2. The molecule has 0 aliphatic carbocycles. The van der Waals surface area contributed by atoms with Gasteiger partial charge in [0.25, 0.3) is 0 Å². The van der Waals surface area contributed by atoms with Gasteiger partial charge in [-0.1, -0.05) is 74.3 Å². The Bertz CT molecular complexity index is 879. The number of benzene rings is 2. The molecule has 1 N–H and O–H groups in total. The van der Waals surface area contributed by atoms with Crippen LogP contribution in [0.15, 0.2) is 42.5 Å². The molecule has 32 heavy (non-hydrogen) atoms. The molecule has 0 saturated heterocycles. The second-order valence-electron chi connectivity index (χ2n) is 8.13. The highest BCUT2D eigenvalue weighted by molar-refractivity contribution is 6.36. The van der Waals surface area contributed by atoms with E-state index in [4.69, 9.17) is 23.2 Å². The average Bonchev–Trinajstić information content (AvgIpc) is 2.79. The minimum atomic E-state index is -0.591. The highest BCUT2D eigenvalue weighted by atomic mass is 35.5. The van der Waals surface area contributed by atoms with Gasteiger partial charge in [-0.05, 0) is 55.9 Å². The van der Waals surface area contributed by atoms with E-state index >= 15 is 0 Å². The van der Waals surface area contributed by atoms with Crippen molar-refractivity contribution in [1.82, 2.24) is 10.2 Å². The van der Waals surface area contributed by atoms with Crippen LogP contribution in [-0.2, 0) is 29.0 Å². The second-order valence-corrected chi connectivity index (χ2v) is 8.95. The molecule has 0 bridgehead atoms. The molecule has 4 nitrogen and oxygen atoms in total. The van der Waals surface area contributed by atoms with E-state index in [1.54, 1.807) is 23.1 Å². The average molecular weight is 477 g/mol. The first kappa shape index (κ1) is 26.2. The van der Waals surface area contributed by atoms with Crippen LogP contribution in [-0.4, -0.2) is 28.8 Å². The van der Waals surface area contributed by atoms with E-state index < -0.39 is 6.04 Å². The van der Waals surface area contributed by atoms with Gasteiger partial charge in [0, 0.05) is 34.6 Å². The number of carbonyl (C=O) groups is 2. The molecule has 2 aromatic carbocycles. The molecule has 0 aliphatic rings. The van der Waals surface area contributed by atoms with Gasteiger partial charge < -0.3 is 10.2 Å². The Kier molecular flexibility index (Phi) is 10.5. The van der Waals surface area contributed by atoms with Crippen LogP contribution in [0.5, 0.6) is 0 Å². The fraction of sp³-hybridized carbons (Fsp3) is 0.462. The number of nitrogens with one attached hydrogen (secondary N) is 1. The Balaban J connectivity index is 2.26. The normalized spacial score (nSPS) is 12.8. The first-order valence-corrected chi connectivity index (χ1v) is 12.2. The van der Waals surface area contributed by atoms with Gasteiger partial charge in [-0.3, -0.25) is 9.59 Å². The second kappa shape index (κ2) is 12.9. The van der Waals surface area contributed by atoms with Gasteiger partial charge in [0.15, 0.2) is 0 Å². The van der Waals surface area contributed by atoms with Gasteiger partial charge in [-0.25, -0.2) is 0 Å². The van der Waals surface area contributed by atoms with Crippen molar-refractivity contribution in [3.8, 4) is 0 Å². The molecule has 0 spiro atoms. The van der Waals surface area contributed by atoms with Crippen LogP contribution < -0.4 is 5.32 Å². The van der Waals surface area contributed by atoms with E-state index in [-0.39, 0.29) is 24.4 Å². The Morgan fingerprint density at radius 2 is 1.53 bits per heavy atom. The van der Waals surface area contributed by atoms with Crippen LogP contribution in [0.1, 0.15) is 63.6 Å². The standard InChI is InChI=1S/C26H34Cl2N2O2/c1-5-18(4)29-26(32)24(7-3)30(17-21-22(27)9-8-10-23(21)28)25(31)16-15-20-13-11-19(6-2)12-14-20/h8-14,18,24H,5-7,15-17H2,1-4H3,(H,29,32)/t18-,24-/m1/s1. The lowest BCUT2D eigenvalue weighted by atomic mass is 10.0. The first-order valence-electron chi connectivity index (χ1n) is 11.4. The third-order valence-corrected chi connectivity index (χ3v) is 6.54. The van der Waals surface area contributed by atoms with Gasteiger partial charge in [-0.2, -0.15) is 0 Å². The Hall–Kier alpha value is -2.04. The summed E-state index contributed by atoms with van der Waals surface area (Å²) in [7, 11) is 0. The molecule has 0 saturated carbocycles. The number of carbonyl (C=O) groups excluding carboxylic acids is 2. The van der Waals surface area contributed by atoms with E-state index in [0.717, 1.165) is 18.4 Å². The van der Waals surface area contributed by atoms with Crippen LogP contribution >= 0.6 is 23.2 Å². The SMILES string of the molecule is CCc1ccc(CCC(=O)N(Cc2c(Cl)cccc2Cl)[C@H](CC)C(=O)N[C@H](C)CC)cc1. The lowest BCUT2D eigenvalue weighted by Crippen LogP contribution is -2.50. The minimum Gasteiger partial charge on any atom is -0.352 e. The zero-order chi connectivity index (χ0) is 23.7. The fourth-order valence-electron chi connectivity index (χ4n) is 3.55. The molecule has 2 rings (SSSR count). The van der Waals surface area contributed by atoms with Crippen LogP contribution in [0, 0.1) is 0 Å². The summed E-state index contributed by atoms with van der Waals surface area (Å²) in [5.74, 6) is -0.239. The summed E-state index contributed by atoms with van der Waals surface area (Å²) in [6.07, 6.45) is 3.22. The van der Waals surface area contributed by atoms with Crippen molar-refractivity contribution in [1.29, 1.82) is 0 Å². The number of hydrogen-bond acceptors (Lipinski definition) is 2. The van der Waals surface area contributed by atoms with E-state index in [0.29, 0.717) is 34.9 Å². The zero-order valence-electron chi connectivity index (χ0n) is 19.5. The highest BCUT2D eigenvalue weighted by Gasteiger charge is 2.30. The van der Waals surface area contributed by atoms with Crippen molar-refractivity contribution in [3.05, 3.63) is 69.2 Å². The van der Waals surface area contributed by atoms with Crippen molar-refractivity contribution in [3.63, 3.8) is 0 Å². The first-order chi connectivity index (χ1) is 15.3. The lowest BCUT2D eigenvalue weighted by Gasteiger charge is -2.32. The molecule has 0 aliphatic heterocycles. The highest BCUT2D eigenvalue weighted by Crippen LogP contribution is 2.27. The summed E-state index contributed by atoms with van der Waals surface area (Å²) in [5, 5.41) is 4.00. The molecule has 2 amide bonds. The minimum absolute atomic E-state index is 0.0366. The molecule has 6 heteroatoms. The zero-order valence-corrected chi connectivity index (χ0v) is 21.0. The third kappa shape index (κ3) is 7.25. The predicted molar refractivity (Wildman–Crippen MR) is 133 cm³/mol. The summed E-state index contributed by atoms with van der Waals surface area (Å²) in [6.45, 7) is 8.20. The molecule has 2 atom stereocenters. The number of aryl methyl sites for hydroxylation is 2. The number of rotatable bonds is 11. The van der Waals surface area contributed by atoms with Crippen molar-refractivity contribution < 1.29 is 9.59 Å². The number of nitrogens with zero attached hydrogens (tertiary/aromatic N) is 1. The Morgan fingerprint density at radius 1 is 0.938 bits per heavy atom. The summed E-state index contributed by atoms with van der Waals surface area (Å²) in [6, 6.07) is 13.0. The van der Waals surface area contributed by atoms with E-state index in [2.05, 4.69) is 36.5 Å². The molecule has 0 aromatic heterocycles. The predicted octanol–water partition coefficient (Wildman–Crippen LogP) is 6.21. The monoisotopic (exact) mass is 476 g/mol. The number of amides is 2. The van der Waals surface area contributed by atoms with Gasteiger partial charge in [0.05, 0.1) is 0 Å². The lowest BCUT2D eigenvalue weighted by molar-refractivity contribution is -0.141.